The van der Waals surface area contributed by atoms with Gasteiger partial charge in [-0.25, -0.2) is 0 Å². The molecule has 2 aromatic rings. The number of rotatable bonds is 4. The Kier molecular flexibility index (Phi) is 3.92. The maximum Gasteiger partial charge on any atom is 0.419 e. The molecule has 0 spiro atoms. The number of aryl methyl sites for hydroxylation is 1. The minimum Gasteiger partial charge on any atom is -0.292 e. The highest BCUT2D eigenvalue weighted by molar-refractivity contribution is 5.95. The van der Waals surface area contributed by atoms with Crippen LogP contribution in [0.3, 0.4) is 0 Å². The van der Waals surface area contributed by atoms with E-state index in [0.717, 1.165) is 22.9 Å². The maximum atomic E-state index is 12.4. The number of ketones is 1. The quantitative estimate of drug-likeness (QED) is 0.806. The van der Waals surface area contributed by atoms with Gasteiger partial charge in [0.1, 0.15) is 6.54 Å². The first-order valence-corrected chi connectivity index (χ1v) is 6.12. The number of benzene rings is 1. The third-order valence-electron chi connectivity index (χ3n) is 2.95. The summed E-state index contributed by atoms with van der Waals surface area (Å²) in [5.41, 5.74) is 0.706. The molecule has 0 N–H and O–H groups in total. The Morgan fingerprint density at radius 2 is 1.90 bits per heavy atom. The highest BCUT2D eigenvalue weighted by atomic mass is 19.4. The first-order valence-electron chi connectivity index (χ1n) is 6.12. The molecule has 0 unspecified atom stereocenters. The van der Waals surface area contributed by atoms with Gasteiger partial charge in [0.15, 0.2) is 5.78 Å². The lowest BCUT2D eigenvalue weighted by molar-refractivity contribution is -0.137. The third kappa shape index (κ3) is 3.26. The van der Waals surface area contributed by atoms with Gasteiger partial charge in [0.2, 0.25) is 0 Å². The van der Waals surface area contributed by atoms with E-state index in [2.05, 4.69) is 5.10 Å². The van der Waals surface area contributed by atoms with Gasteiger partial charge in [0.25, 0.3) is 0 Å². The van der Waals surface area contributed by atoms with Gasteiger partial charge < -0.3 is 0 Å². The molecule has 3 nitrogen and oxygen atoms in total. The fraction of sp³-hybridized carbons (Fsp3) is 0.286. The fourth-order valence-electron chi connectivity index (χ4n) is 1.76. The Bertz CT molecular complexity index is 600. The number of halogens is 3. The van der Waals surface area contributed by atoms with Crippen LogP contribution in [0.25, 0.3) is 0 Å². The van der Waals surface area contributed by atoms with E-state index in [-0.39, 0.29) is 12.3 Å². The van der Waals surface area contributed by atoms with Crippen LogP contribution < -0.4 is 0 Å². The summed E-state index contributed by atoms with van der Waals surface area (Å²) in [4.78, 5) is 11.9. The summed E-state index contributed by atoms with van der Waals surface area (Å²) in [6.45, 7) is 1.79. The second-order valence-corrected chi connectivity index (χ2v) is 4.40. The molecule has 2 rings (SSSR count). The Morgan fingerprint density at radius 3 is 2.40 bits per heavy atom. The Morgan fingerprint density at radius 1 is 1.25 bits per heavy atom. The van der Waals surface area contributed by atoms with Crippen molar-refractivity contribution in [3.8, 4) is 0 Å². The van der Waals surface area contributed by atoms with E-state index in [4.69, 9.17) is 0 Å². The van der Waals surface area contributed by atoms with Crippen molar-refractivity contribution in [3.63, 3.8) is 0 Å². The van der Waals surface area contributed by atoms with Crippen molar-refractivity contribution in [2.75, 3.05) is 0 Å². The minimum absolute atomic E-state index is 0.207. The lowest BCUT2D eigenvalue weighted by Crippen LogP contribution is -2.11. The van der Waals surface area contributed by atoms with Crippen LogP contribution in [-0.4, -0.2) is 15.6 Å². The van der Waals surface area contributed by atoms with Crippen molar-refractivity contribution in [1.29, 1.82) is 0 Å². The SMILES string of the molecule is CCc1ccc(C(=O)Cn2cc(C(F)(F)F)cn2)cc1. The first kappa shape index (κ1) is 14.3. The zero-order valence-electron chi connectivity index (χ0n) is 10.8. The second-order valence-electron chi connectivity index (χ2n) is 4.40. The van der Waals surface area contributed by atoms with E-state index in [1.54, 1.807) is 12.1 Å². The standard InChI is InChI=1S/C14H13F3N2O/c1-2-10-3-5-11(6-4-10)13(20)9-19-8-12(7-18-19)14(15,16)17/h3-8H,2,9H2,1H3. The van der Waals surface area contributed by atoms with Crippen molar-refractivity contribution < 1.29 is 18.0 Å². The van der Waals surface area contributed by atoms with E-state index in [1.165, 1.54) is 0 Å². The molecule has 6 heteroatoms. The van der Waals surface area contributed by atoms with Gasteiger partial charge in [-0.3, -0.25) is 9.48 Å². The zero-order valence-corrected chi connectivity index (χ0v) is 10.8. The topological polar surface area (TPSA) is 34.9 Å². The van der Waals surface area contributed by atoms with Gasteiger partial charge in [0.05, 0.1) is 11.8 Å². The molecule has 0 radical (unpaired) electrons. The highest BCUT2D eigenvalue weighted by Gasteiger charge is 2.32. The van der Waals surface area contributed by atoms with Crippen molar-refractivity contribution >= 4 is 5.78 Å². The summed E-state index contributed by atoms with van der Waals surface area (Å²) in [6, 6.07) is 7.01. The smallest absolute Gasteiger partial charge is 0.292 e. The molecule has 1 aromatic carbocycles. The molecule has 106 valence electrons. The lowest BCUT2D eigenvalue weighted by atomic mass is 10.1. The predicted molar refractivity (Wildman–Crippen MR) is 67.4 cm³/mol. The fourth-order valence-corrected chi connectivity index (χ4v) is 1.76. The Labute approximate surface area is 114 Å². The second kappa shape index (κ2) is 5.48. The summed E-state index contributed by atoms with van der Waals surface area (Å²) < 4.78 is 38.2. The highest BCUT2D eigenvalue weighted by Crippen LogP contribution is 2.28. The molecule has 1 heterocycles. The summed E-state index contributed by atoms with van der Waals surface area (Å²) in [5, 5.41) is 3.56. The van der Waals surface area contributed by atoms with E-state index < -0.39 is 11.7 Å². The number of carbonyl (C=O) groups is 1. The summed E-state index contributed by atoms with van der Waals surface area (Å²) in [7, 11) is 0. The van der Waals surface area contributed by atoms with Crippen LogP contribution in [-0.2, 0) is 19.1 Å². The van der Waals surface area contributed by atoms with Gasteiger partial charge in [0, 0.05) is 11.8 Å². The number of Topliss-reactive ketones (excluding diaryl/α,β-unsaturated/α-hetero) is 1. The van der Waals surface area contributed by atoms with Gasteiger partial charge in [-0.15, -0.1) is 0 Å². The Balaban J connectivity index is 2.09. The van der Waals surface area contributed by atoms with E-state index in [9.17, 15) is 18.0 Å². The molecular formula is C14H13F3N2O. The number of hydrogen-bond donors (Lipinski definition) is 0. The molecular weight excluding hydrogens is 269 g/mol. The maximum absolute atomic E-state index is 12.4. The van der Waals surface area contributed by atoms with Crippen LogP contribution in [0.1, 0.15) is 28.4 Å². The van der Waals surface area contributed by atoms with E-state index in [0.29, 0.717) is 11.8 Å². The van der Waals surface area contributed by atoms with Crippen molar-refractivity contribution in [2.24, 2.45) is 0 Å². The van der Waals surface area contributed by atoms with E-state index in [1.807, 2.05) is 19.1 Å². The van der Waals surface area contributed by atoms with Crippen LogP contribution >= 0.6 is 0 Å². The average Bonchev–Trinajstić information content (AvgIpc) is 2.87. The van der Waals surface area contributed by atoms with E-state index >= 15 is 0 Å². The van der Waals surface area contributed by atoms with Crippen LogP contribution in [0, 0.1) is 0 Å². The molecule has 0 saturated heterocycles. The zero-order chi connectivity index (χ0) is 14.8. The molecule has 0 aliphatic rings. The lowest BCUT2D eigenvalue weighted by Gasteiger charge is -2.03. The monoisotopic (exact) mass is 282 g/mol. The number of hydrogen-bond acceptors (Lipinski definition) is 2. The van der Waals surface area contributed by atoms with Gasteiger partial charge in [-0.05, 0) is 12.0 Å². The molecule has 0 saturated carbocycles. The average molecular weight is 282 g/mol. The minimum atomic E-state index is -4.44. The molecule has 20 heavy (non-hydrogen) atoms. The number of alkyl halides is 3. The van der Waals surface area contributed by atoms with Crippen LogP contribution in [0.5, 0.6) is 0 Å². The summed E-state index contributed by atoms with van der Waals surface area (Å²) in [6.07, 6.45) is -2.03. The van der Waals surface area contributed by atoms with Crippen LogP contribution in [0.2, 0.25) is 0 Å². The van der Waals surface area contributed by atoms with Gasteiger partial charge in [-0.1, -0.05) is 31.2 Å². The molecule has 0 atom stereocenters. The van der Waals surface area contributed by atoms with Crippen LogP contribution in [0.15, 0.2) is 36.7 Å². The molecule has 0 fully saturated rings. The first-order chi connectivity index (χ1) is 9.40. The van der Waals surface area contributed by atoms with Crippen LogP contribution in [0.4, 0.5) is 13.2 Å². The van der Waals surface area contributed by atoms with Gasteiger partial charge >= 0.3 is 6.18 Å². The molecule has 0 amide bonds. The third-order valence-corrected chi connectivity index (χ3v) is 2.95. The normalized spacial score (nSPS) is 11.6. The Hall–Kier alpha value is -2.11. The summed E-state index contributed by atoms with van der Waals surface area (Å²) in [5.74, 6) is -0.274. The molecule has 1 aromatic heterocycles. The van der Waals surface area contributed by atoms with Crippen molar-refractivity contribution in [1.82, 2.24) is 9.78 Å². The molecule has 0 aliphatic heterocycles. The predicted octanol–water partition coefficient (Wildman–Crippen LogP) is 3.35. The summed E-state index contributed by atoms with van der Waals surface area (Å²) >= 11 is 0. The largest absolute Gasteiger partial charge is 0.419 e. The number of carbonyl (C=O) groups excluding carboxylic acids is 1. The van der Waals surface area contributed by atoms with Gasteiger partial charge in [-0.2, -0.15) is 18.3 Å². The molecule has 0 aliphatic carbocycles. The number of aromatic nitrogens is 2. The van der Waals surface area contributed by atoms with Crippen molar-refractivity contribution in [2.45, 2.75) is 26.1 Å². The number of nitrogens with zero attached hydrogens (tertiary/aromatic N) is 2. The van der Waals surface area contributed by atoms with Crippen molar-refractivity contribution in [3.05, 3.63) is 53.3 Å². The molecule has 0 bridgehead atoms.